The molecule has 0 aromatic heterocycles. The first kappa shape index (κ1) is 9.00. The third-order valence-electron chi connectivity index (χ3n) is 3.35. The van der Waals surface area contributed by atoms with Crippen molar-refractivity contribution in [1.29, 1.82) is 0 Å². The molecule has 0 radical (unpaired) electrons. The average molecular weight is 184 g/mol. The number of hydrogen-bond acceptors (Lipinski definition) is 3. The van der Waals surface area contributed by atoms with E-state index in [-0.39, 0.29) is 23.6 Å². The number of hydrogen-bond donors (Lipinski definition) is 0. The summed E-state index contributed by atoms with van der Waals surface area (Å²) in [5, 5.41) is 0. The summed E-state index contributed by atoms with van der Waals surface area (Å²) in [6.07, 6.45) is 1.80. The summed E-state index contributed by atoms with van der Waals surface area (Å²) in [7, 11) is 1.69. The van der Waals surface area contributed by atoms with Gasteiger partial charge >= 0.3 is 5.97 Å². The Morgan fingerprint density at radius 3 is 2.92 bits per heavy atom. The number of ether oxygens (including phenoxy) is 2. The second kappa shape index (κ2) is 2.71. The number of fused-ring (bicyclic) bond motifs is 2. The van der Waals surface area contributed by atoms with E-state index >= 15 is 0 Å². The van der Waals surface area contributed by atoms with Gasteiger partial charge in [-0.2, -0.15) is 0 Å². The summed E-state index contributed by atoms with van der Waals surface area (Å²) in [5.41, 5.74) is -0.367. The molecule has 0 N–H and O–H groups in total. The zero-order valence-corrected chi connectivity index (χ0v) is 8.37. The quantitative estimate of drug-likeness (QED) is 0.577. The molecule has 0 aromatic carbocycles. The SMILES string of the molecule is COC1C(C)CC2CC1(C)OC2=O. The van der Waals surface area contributed by atoms with Crippen molar-refractivity contribution in [2.75, 3.05) is 7.11 Å². The van der Waals surface area contributed by atoms with Crippen LogP contribution in [-0.4, -0.2) is 24.8 Å². The molecule has 3 nitrogen and oxygen atoms in total. The number of esters is 1. The number of carbonyl (C=O) groups excluding carboxylic acids is 1. The largest absolute Gasteiger partial charge is 0.456 e. The Kier molecular flexibility index (Phi) is 1.88. The first-order valence-corrected chi connectivity index (χ1v) is 4.82. The number of rotatable bonds is 1. The van der Waals surface area contributed by atoms with E-state index in [1.165, 1.54) is 0 Å². The fourth-order valence-corrected chi connectivity index (χ4v) is 2.94. The Morgan fingerprint density at radius 2 is 2.31 bits per heavy atom. The van der Waals surface area contributed by atoms with Crippen LogP contribution in [0.4, 0.5) is 0 Å². The van der Waals surface area contributed by atoms with Gasteiger partial charge in [0.25, 0.3) is 0 Å². The second-order valence-corrected chi connectivity index (χ2v) is 4.50. The highest BCUT2D eigenvalue weighted by atomic mass is 16.6. The Balaban J connectivity index is 2.27. The molecule has 1 aliphatic carbocycles. The minimum atomic E-state index is -0.367. The topological polar surface area (TPSA) is 35.5 Å². The summed E-state index contributed by atoms with van der Waals surface area (Å²) in [4.78, 5) is 11.4. The van der Waals surface area contributed by atoms with Crippen molar-refractivity contribution in [3.05, 3.63) is 0 Å². The van der Waals surface area contributed by atoms with Crippen LogP contribution in [0.2, 0.25) is 0 Å². The lowest BCUT2D eigenvalue weighted by atomic mass is 9.74. The van der Waals surface area contributed by atoms with Gasteiger partial charge in [-0.25, -0.2) is 0 Å². The van der Waals surface area contributed by atoms with E-state index in [1.54, 1.807) is 7.11 Å². The predicted octanol–water partition coefficient (Wildman–Crippen LogP) is 1.36. The Hall–Kier alpha value is -0.570. The molecule has 2 aliphatic rings. The van der Waals surface area contributed by atoms with Gasteiger partial charge in [-0.3, -0.25) is 4.79 Å². The molecule has 2 rings (SSSR count). The first-order chi connectivity index (χ1) is 6.07. The maximum absolute atomic E-state index is 11.4. The molecular weight excluding hydrogens is 168 g/mol. The average Bonchev–Trinajstić information content (AvgIpc) is 2.24. The van der Waals surface area contributed by atoms with Crippen molar-refractivity contribution in [3.8, 4) is 0 Å². The van der Waals surface area contributed by atoms with Gasteiger partial charge in [-0.1, -0.05) is 6.92 Å². The predicted molar refractivity (Wildman–Crippen MR) is 47.2 cm³/mol. The van der Waals surface area contributed by atoms with Gasteiger partial charge in [0.15, 0.2) is 0 Å². The summed E-state index contributed by atoms with van der Waals surface area (Å²) >= 11 is 0. The third kappa shape index (κ3) is 1.17. The lowest BCUT2D eigenvalue weighted by molar-refractivity contribution is -0.159. The molecule has 2 fully saturated rings. The van der Waals surface area contributed by atoms with Gasteiger partial charge in [0, 0.05) is 13.5 Å². The fraction of sp³-hybridized carbons (Fsp3) is 0.900. The number of carbonyl (C=O) groups is 1. The maximum atomic E-state index is 11.4. The van der Waals surface area contributed by atoms with E-state index in [0.717, 1.165) is 12.8 Å². The smallest absolute Gasteiger partial charge is 0.309 e. The second-order valence-electron chi connectivity index (χ2n) is 4.50. The Morgan fingerprint density at radius 1 is 1.62 bits per heavy atom. The fourth-order valence-electron chi connectivity index (χ4n) is 2.94. The molecule has 3 heteroatoms. The molecule has 2 bridgehead atoms. The molecule has 0 amide bonds. The zero-order valence-electron chi connectivity index (χ0n) is 8.37. The van der Waals surface area contributed by atoms with E-state index < -0.39 is 0 Å². The molecule has 13 heavy (non-hydrogen) atoms. The van der Waals surface area contributed by atoms with Gasteiger partial charge in [0.2, 0.25) is 0 Å². The molecule has 1 heterocycles. The van der Waals surface area contributed by atoms with E-state index in [9.17, 15) is 4.79 Å². The normalized spacial score (nSPS) is 49.2. The van der Waals surface area contributed by atoms with Crippen molar-refractivity contribution in [1.82, 2.24) is 0 Å². The Bertz CT molecular complexity index is 238. The minimum absolute atomic E-state index is 0.0334. The third-order valence-corrected chi connectivity index (χ3v) is 3.35. The lowest BCUT2D eigenvalue weighted by Crippen LogP contribution is -2.46. The van der Waals surface area contributed by atoms with Crippen LogP contribution in [0.25, 0.3) is 0 Å². The molecule has 0 spiro atoms. The molecular formula is C10H16O3. The van der Waals surface area contributed by atoms with Crippen molar-refractivity contribution >= 4 is 5.97 Å². The summed E-state index contributed by atoms with van der Waals surface area (Å²) in [6, 6.07) is 0. The highest BCUT2D eigenvalue weighted by Gasteiger charge is 2.55. The van der Waals surface area contributed by atoms with E-state index in [2.05, 4.69) is 6.92 Å². The molecule has 1 saturated carbocycles. The van der Waals surface area contributed by atoms with E-state index in [0.29, 0.717) is 5.92 Å². The first-order valence-electron chi connectivity index (χ1n) is 4.82. The molecule has 4 atom stereocenters. The summed E-state index contributed by atoms with van der Waals surface area (Å²) in [5.74, 6) is 0.500. The minimum Gasteiger partial charge on any atom is -0.456 e. The van der Waals surface area contributed by atoms with Crippen LogP contribution in [0, 0.1) is 11.8 Å². The van der Waals surface area contributed by atoms with Gasteiger partial charge < -0.3 is 9.47 Å². The van der Waals surface area contributed by atoms with Crippen LogP contribution >= 0.6 is 0 Å². The highest BCUT2D eigenvalue weighted by molar-refractivity contribution is 5.76. The van der Waals surface area contributed by atoms with Crippen molar-refractivity contribution in [3.63, 3.8) is 0 Å². The standard InChI is InChI=1S/C10H16O3/c1-6-4-7-5-10(2,8(6)12-3)13-9(7)11/h6-8H,4-5H2,1-3H3. The van der Waals surface area contributed by atoms with Gasteiger partial charge in [0.05, 0.1) is 12.0 Å². The molecule has 1 saturated heterocycles. The number of methoxy groups -OCH3 is 1. The molecule has 74 valence electrons. The van der Waals surface area contributed by atoms with E-state index in [1.807, 2.05) is 6.92 Å². The van der Waals surface area contributed by atoms with Crippen molar-refractivity contribution in [2.24, 2.45) is 11.8 Å². The monoisotopic (exact) mass is 184 g/mol. The summed E-state index contributed by atoms with van der Waals surface area (Å²) in [6.45, 7) is 4.11. The van der Waals surface area contributed by atoms with Gasteiger partial charge in [-0.05, 0) is 19.3 Å². The Labute approximate surface area is 78.4 Å². The van der Waals surface area contributed by atoms with Gasteiger partial charge in [-0.15, -0.1) is 0 Å². The van der Waals surface area contributed by atoms with Gasteiger partial charge in [0.1, 0.15) is 5.60 Å². The highest BCUT2D eigenvalue weighted by Crippen LogP contribution is 2.46. The van der Waals surface area contributed by atoms with Crippen LogP contribution in [-0.2, 0) is 14.3 Å². The van der Waals surface area contributed by atoms with Crippen LogP contribution in [0.1, 0.15) is 26.7 Å². The van der Waals surface area contributed by atoms with Crippen molar-refractivity contribution < 1.29 is 14.3 Å². The zero-order chi connectivity index (χ0) is 9.64. The van der Waals surface area contributed by atoms with Crippen LogP contribution in [0.3, 0.4) is 0 Å². The lowest BCUT2D eigenvalue weighted by Gasteiger charge is -2.38. The van der Waals surface area contributed by atoms with Crippen LogP contribution < -0.4 is 0 Å². The maximum Gasteiger partial charge on any atom is 0.309 e. The van der Waals surface area contributed by atoms with E-state index in [4.69, 9.17) is 9.47 Å². The van der Waals surface area contributed by atoms with Crippen LogP contribution in [0.5, 0.6) is 0 Å². The molecule has 0 aromatic rings. The van der Waals surface area contributed by atoms with Crippen LogP contribution in [0.15, 0.2) is 0 Å². The summed E-state index contributed by atoms with van der Waals surface area (Å²) < 4.78 is 10.8. The molecule has 4 unspecified atom stereocenters. The van der Waals surface area contributed by atoms with Crippen molar-refractivity contribution in [2.45, 2.75) is 38.4 Å². The molecule has 1 aliphatic heterocycles.